The van der Waals surface area contributed by atoms with Crippen molar-refractivity contribution in [3.05, 3.63) is 35.4 Å². The summed E-state index contributed by atoms with van der Waals surface area (Å²) in [6.45, 7) is 4.35. The van der Waals surface area contributed by atoms with Gasteiger partial charge in [-0.2, -0.15) is 0 Å². The number of hydrogen-bond donors (Lipinski definition) is 1. The lowest BCUT2D eigenvalue weighted by Gasteiger charge is -2.31. The van der Waals surface area contributed by atoms with E-state index < -0.39 is 6.04 Å². The molecular weight excluding hydrogens is 350 g/mol. The van der Waals surface area contributed by atoms with E-state index in [0.717, 1.165) is 25.7 Å². The first-order valence-corrected chi connectivity index (χ1v) is 10.7. The molecule has 2 N–H and O–H groups in total. The summed E-state index contributed by atoms with van der Waals surface area (Å²) in [4.78, 5) is 32.9. The molecule has 3 aliphatic rings. The van der Waals surface area contributed by atoms with Gasteiger partial charge in [-0.25, -0.2) is 0 Å². The normalized spacial score (nSPS) is 28.3. The predicted molar refractivity (Wildman–Crippen MR) is 110 cm³/mol. The lowest BCUT2D eigenvalue weighted by Crippen LogP contribution is -2.49. The first kappa shape index (κ1) is 19.2. The maximum Gasteiger partial charge on any atom is 0.248 e. The van der Waals surface area contributed by atoms with Crippen LogP contribution in [0.3, 0.4) is 0 Å². The van der Waals surface area contributed by atoms with E-state index in [4.69, 9.17) is 5.73 Å². The summed E-state index contributed by atoms with van der Waals surface area (Å²) in [6, 6.07) is 7.62. The van der Waals surface area contributed by atoms with E-state index in [1.807, 2.05) is 24.0 Å². The molecule has 0 aromatic heterocycles. The van der Waals surface area contributed by atoms with Gasteiger partial charge in [-0.3, -0.25) is 14.6 Å². The highest BCUT2D eigenvalue weighted by Gasteiger charge is 2.50. The second kappa shape index (κ2) is 7.69. The van der Waals surface area contributed by atoms with Gasteiger partial charge in [0.05, 0.1) is 11.9 Å². The van der Waals surface area contributed by atoms with Crippen molar-refractivity contribution in [3.63, 3.8) is 0 Å². The number of benzene rings is 1. The van der Waals surface area contributed by atoms with E-state index in [9.17, 15) is 9.59 Å². The Bertz CT molecular complexity index is 774. The highest BCUT2D eigenvalue weighted by Crippen LogP contribution is 2.43. The Morgan fingerprint density at radius 2 is 1.89 bits per heavy atom. The molecule has 0 spiro atoms. The number of nitrogens with two attached hydrogens (primary N) is 1. The number of hydrogen-bond acceptors (Lipinski definition) is 3. The maximum atomic E-state index is 13.7. The number of carbonyl (C=O) groups excluding carboxylic acids is 2. The van der Waals surface area contributed by atoms with Gasteiger partial charge in [0.15, 0.2) is 5.78 Å². The Morgan fingerprint density at radius 1 is 1.21 bits per heavy atom. The fourth-order valence-corrected chi connectivity index (χ4v) is 5.72. The molecule has 2 aliphatic carbocycles. The van der Waals surface area contributed by atoms with Gasteiger partial charge < -0.3 is 10.6 Å². The van der Waals surface area contributed by atoms with E-state index in [-0.39, 0.29) is 23.7 Å². The molecule has 2 fully saturated rings. The number of amidine groups is 1. The Morgan fingerprint density at radius 3 is 2.50 bits per heavy atom. The van der Waals surface area contributed by atoms with Crippen LogP contribution in [0.1, 0.15) is 50.7 Å². The number of rotatable bonds is 5. The van der Waals surface area contributed by atoms with Crippen LogP contribution in [0.15, 0.2) is 29.3 Å². The van der Waals surface area contributed by atoms with E-state index >= 15 is 0 Å². The summed E-state index contributed by atoms with van der Waals surface area (Å²) in [7, 11) is 0. The third kappa shape index (κ3) is 3.36. The molecule has 150 valence electrons. The third-order valence-corrected chi connectivity index (χ3v) is 6.98. The molecule has 5 heteroatoms. The average Bonchev–Trinajstić information content (AvgIpc) is 3.37. The molecule has 4 atom stereocenters. The number of carbonyl (C=O) groups is 2. The molecular formula is C23H31N3O2. The number of ketones is 1. The van der Waals surface area contributed by atoms with Gasteiger partial charge in [0, 0.05) is 13.0 Å². The Labute approximate surface area is 167 Å². The quantitative estimate of drug-likeness (QED) is 0.629. The molecule has 1 aromatic rings. The van der Waals surface area contributed by atoms with Crippen molar-refractivity contribution >= 4 is 17.5 Å². The van der Waals surface area contributed by atoms with Crippen molar-refractivity contribution < 1.29 is 9.59 Å². The number of fused-ring (bicyclic) bond motifs is 2. The van der Waals surface area contributed by atoms with E-state index in [1.165, 1.54) is 17.5 Å². The van der Waals surface area contributed by atoms with E-state index in [1.54, 1.807) is 6.92 Å². The number of amides is 1. The highest BCUT2D eigenvalue weighted by molar-refractivity contribution is 5.93. The molecule has 0 radical (unpaired) electrons. The fraction of sp³-hybridized carbons (Fsp3) is 0.609. The summed E-state index contributed by atoms with van der Waals surface area (Å²) >= 11 is 0. The molecule has 4 rings (SSSR count). The number of aliphatic imine (C=N–C) groups is 1. The predicted octanol–water partition coefficient (Wildman–Crippen LogP) is 2.75. The molecule has 1 saturated heterocycles. The highest BCUT2D eigenvalue weighted by atomic mass is 16.2. The molecule has 1 heterocycles. The van der Waals surface area contributed by atoms with Gasteiger partial charge in [-0.1, -0.05) is 37.6 Å². The van der Waals surface area contributed by atoms with Gasteiger partial charge in [-0.05, 0) is 61.5 Å². The van der Waals surface area contributed by atoms with Crippen molar-refractivity contribution in [3.8, 4) is 0 Å². The number of Topliss-reactive ketones (excluding diaryl/α,β-unsaturated/α-hetero) is 1. The van der Waals surface area contributed by atoms with Gasteiger partial charge in [0.1, 0.15) is 6.04 Å². The average molecular weight is 382 g/mol. The molecule has 1 saturated carbocycles. The van der Waals surface area contributed by atoms with Crippen LogP contribution >= 0.6 is 0 Å². The summed E-state index contributed by atoms with van der Waals surface area (Å²) in [5.74, 6) is 1.55. The van der Waals surface area contributed by atoms with Crippen molar-refractivity contribution in [2.24, 2.45) is 28.5 Å². The van der Waals surface area contributed by atoms with Crippen LogP contribution < -0.4 is 5.73 Å². The minimum atomic E-state index is -0.497. The van der Waals surface area contributed by atoms with Gasteiger partial charge in [0.2, 0.25) is 5.91 Å². The van der Waals surface area contributed by atoms with Crippen molar-refractivity contribution in [2.45, 2.75) is 64.5 Å². The summed E-state index contributed by atoms with van der Waals surface area (Å²) in [6.07, 6.45) is 5.53. The lowest BCUT2D eigenvalue weighted by atomic mass is 9.90. The third-order valence-electron chi connectivity index (χ3n) is 6.98. The zero-order valence-corrected chi connectivity index (χ0v) is 16.9. The van der Waals surface area contributed by atoms with Crippen LogP contribution in [0.5, 0.6) is 0 Å². The molecule has 5 nitrogen and oxygen atoms in total. The Kier molecular flexibility index (Phi) is 5.26. The van der Waals surface area contributed by atoms with Gasteiger partial charge >= 0.3 is 0 Å². The SMILES string of the molecule is CCC(=O)[C@@H]1[C@H]2CCC[C@H]2CN1C(=O)[C@@H](N=C(C)N)C1Cc2ccccc2C1. The fourth-order valence-electron chi connectivity index (χ4n) is 5.72. The Balaban J connectivity index is 1.61. The standard InChI is InChI=1S/C23H31N3O2/c1-3-20(27)22-19-10-6-9-17(19)13-26(22)23(28)21(25-14(2)24)18-11-15-7-4-5-8-16(15)12-18/h4-5,7-8,17-19,21-22H,3,6,9-13H2,1-2H3,(H2,24,25)/t17-,19-,21-,22-/m0/s1. The molecule has 0 bridgehead atoms. The monoisotopic (exact) mass is 381 g/mol. The number of nitrogens with zero attached hydrogens (tertiary/aromatic N) is 2. The molecule has 1 aliphatic heterocycles. The number of likely N-dealkylation sites (tertiary alicyclic amines) is 1. The van der Waals surface area contributed by atoms with Gasteiger partial charge in [0.25, 0.3) is 0 Å². The molecule has 1 amide bonds. The first-order valence-electron chi connectivity index (χ1n) is 10.7. The smallest absolute Gasteiger partial charge is 0.248 e. The Hall–Kier alpha value is -2.17. The van der Waals surface area contributed by atoms with Crippen LogP contribution in [0, 0.1) is 17.8 Å². The van der Waals surface area contributed by atoms with Crippen LogP contribution in [0.4, 0.5) is 0 Å². The minimum absolute atomic E-state index is 0.00352. The molecule has 1 aromatic carbocycles. The van der Waals surface area contributed by atoms with Crippen LogP contribution in [-0.2, 0) is 22.4 Å². The van der Waals surface area contributed by atoms with E-state index in [0.29, 0.717) is 30.6 Å². The van der Waals surface area contributed by atoms with Crippen LogP contribution in [0.25, 0.3) is 0 Å². The first-order chi connectivity index (χ1) is 13.5. The summed E-state index contributed by atoms with van der Waals surface area (Å²) in [5, 5.41) is 0. The second-order valence-corrected chi connectivity index (χ2v) is 8.76. The zero-order valence-electron chi connectivity index (χ0n) is 16.9. The second-order valence-electron chi connectivity index (χ2n) is 8.76. The largest absolute Gasteiger partial charge is 0.388 e. The van der Waals surface area contributed by atoms with E-state index in [2.05, 4.69) is 17.1 Å². The summed E-state index contributed by atoms with van der Waals surface area (Å²) in [5.41, 5.74) is 8.53. The van der Waals surface area contributed by atoms with Crippen molar-refractivity contribution in [2.75, 3.05) is 6.54 Å². The van der Waals surface area contributed by atoms with Crippen LogP contribution in [-0.4, -0.2) is 41.1 Å². The molecule has 28 heavy (non-hydrogen) atoms. The lowest BCUT2D eigenvalue weighted by molar-refractivity contribution is -0.140. The zero-order chi connectivity index (χ0) is 19.8. The maximum absolute atomic E-state index is 13.7. The summed E-state index contributed by atoms with van der Waals surface area (Å²) < 4.78 is 0. The van der Waals surface area contributed by atoms with Crippen molar-refractivity contribution in [1.82, 2.24) is 4.90 Å². The van der Waals surface area contributed by atoms with Crippen molar-refractivity contribution in [1.29, 1.82) is 0 Å². The topological polar surface area (TPSA) is 75.8 Å². The molecule has 0 unspecified atom stereocenters. The van der Waals surface area contributed by atoms with Crippen LogP contribution in [0.2, 0.25) is 0 Å². The van der Waals surface area contributed by atoms with Gasteiger partial charge in [-0.15, -0.1) is 0 Å². The minimum Gasteiger partial charge on any atom is -0.388 e.